The number of halogens is 1. The molecule has 1 aliphatic heterocycles. The topological polar surface area (TPSA) is 82.2 Å². The summed E-state index contributed by atoms with van der Waals surface area (Å²) >= 11 is 5.86. The Kier molecular flexibility index (Phi) is 6.29. The molecule has 4 rings (SSSR count). The fourth-order valence-electron chi connectivity index (χ4n) is 3.31. The molecule has 1 saturated heterocycles. The van der Waals surface area contributed by atoms with E-state index >= 15 is 0 Å². The second-order valence-corrected chi connectivity index (χ2v) is 7.48. The third kappa shape index (κ3) is 5.39. The highest BCUT2D eigenvalue weighted by atomic mass is 35.5. The molecule has 3 N–H and O–H groups in total. The first-order valence-corrected chi connectivity index (χ1v) is 10.3. The molecule has 8 heteroatoms. The SMILES string of the molecule is O=C(Nc1ccc(Cl)cc1)Nc1cccc(Nc2cccc(N3CCCCC3)n2)n1. The second-order valence-electron chi connectivity index (χ2n) is 7.05. The quantitative estimate of drug-likeness (QED) is 0.505. The number of piperidine rings is 1. The van der Waals surface area contributed by atoms with Crippen LogP contribution in [0.4, 0.5) is 33.8 Å². The van der Waals surface area contributed by atoms with Gasteiger partial charge in [0.05, 0.1) is 0 Å². The van der Waals surface area contributed by atoms with Crippen molar-refractivity contribution in [3.05, 3.63) is 65.7 Å². The maximum atomic E-state index is 12.2. The monoisotopic (exact) mass is 422 g/mol. The summed E-state index contributed by atoms with van der Waals surface area (Å²) in [6.45, 7) is 2.08. The van der Waals surface area contributed by atoms with Gasteiger partial charge in [0, 0.05) is 23.8 Å². The first-order chi connectivity index (χ1) is 14.7. The molecule has 3 heterocycles. The minimum atomic E-state index is -0.382. The lowest BCUT2D eigenvalue weighted by molar-refractivity contribution is 0.262. The number of hydrogen-bond acceptors (Lipinski definition) is 5. The van der Waals surface area contributed by atoms with E-state index in [-0.39, 0.29) is 6.03 Å². The van der Waals surface area contributed by atoms with Crippen LogP contribution in [-0.2, 0) is 0 Å². The van der Waals surface area contributed by atoms with Gasteiger partial charge in [-0.25, -0.2) is 14.8 Å². The number of benzene rings is 1. The van der Waals surface area contributed by atoms with Crippen LogP contribution in [0.5, 0.6) is 0 Å². The molecule has 0 aliphatic carbocycles. The minimum absolute atomic E-state index is 0.382. The van der Waals surface area contributed by atoms with Crippen LogP contribution in [0.3, 0.4) is 0 Å². The standard InChI is InChI=1S/C22H23ClN6O/c23-16-10-12-17(13-11-16)24-22(30)28-20-7-4-6-18(26-20)25-19-8-5-9-21(27-19)29-14-2-1-3-15-29/h4-13H,1-3,14-15H2,(H3,24,25,26,27,28,30). The molecule has 7 nitrogen and oxygen atoms in total. The van der Waals surface area contributed by atoms with Crippen LogP contribution in [0.15, 0.2) is 60.7 Å². The van der Waals surface area contributed by atoms with E-state index < -0.39 is 0 Å². The van der Waals surface area contributed by atoms with Crippen LogP contribution in [0.25, 0.3) is 0 Å². The lowest BCUT2D eigenvalue weighted by Crippen LogP contribution is -2.30. The van der Waals surface area contributed by atoms with E-state index in [9.17, 15) is 4.79 Å². The van der Waals surface area contributed by atoms with Gasteiger partial charge in [0.2, 0.25) is 0 Å². The highest BCUT2D eigenvalue weighted by Gasteiger charge is 2.12. The zero-order valence-electron chi connectivity index (χ0n) is 16.4. The van der Waals surface area contributed by atoms with Gasteiger partial charge >= 0.3 is 6.03 Å². The zero-order chi connectivity index (χ0) is 20.8. The van der Waals surface area contributed by atoms with Crippen molar-refractivity contribution in [2.75, 3.05) is 33.9 Å². The molecule has 1 aliphatic rings. The highest BCUT2D eigenvalue weighted by molar-refractivity contribution is 6.30. The van der Waals surface area contributed by atoms with Gasteiger partial charge < -0.3 is 15.5 Å². The van der Waals surface area contributed by atoms with Crippen LogP contribution in [0.2, 0.25) is 5.02 Å². The molecule has 1 fully saturated rings. The van der Waals surface area contributed by atoms with E-state index in [1.807, 2.05) is 30.3 Å². The van der Waals surface area contributed by atoms with Crippen molar-refractivity contribution in [2.24, 2.45) is 0 Å². The Morgan fingerprint density at radius 2 is 1.47 bits per heavy atom. The molecule has 0 atom stereocenters. The summed E-state index contributed by atoms with van der Waals surface area (Å²) in [4.78, 5) is 23.7. The Hall–Kier alpha value is -3.32. The number of aromatic nitrogens is 2. The Morgan fingerprint density at radius 1 is 0.800 bits per heavy atom. The van der Waals surface area contributed by atoms with Gasteiger partial charge in [0.25, 0.3) is 0 Å². The van der Waals surface area contributed by atoms with E-state index in [0.717, 1.165) is 18.9 Å². The van der Waals surface area contributed by atoms with E-state index in [2.05, 4.69) is 25.8 Å². The van der Waals surface area contributed by atoms with E-state index in [1.54, 1.807) is 30.3 Å². The molecule has 0 unspecified atom stereocenters. The van der Waals surface area contributed by atoms with Crippen molar-refractivity contribution in [1.29, 1.82) is 0 Å². The van der Waals surface area contributed by atoms with Gasteiger partial charge in [-0.15, -0.1) is 0 Å². The van der Waals surface area contributed by atoms with Crippen LogP contribution >= 0.6 is 11.6 Å². The Balaban J connectivity index is 1.39. The smallest absolute Gasteiger partial charge is 0.324 e. The predicted molar refractivity (Wildman–Crippen MR) is 122 cm³/mol. The van der Waals surface area contributed by atoms with Crippen molar-refractivity contribution >= 4 is 46.6 Å². The third-order valence-corrected chi connectivity index (χ3v) is 5.02. The van der Waals surface area contributed by atoms with Crippen molar-refractivity contribution < 1.29 is 4.79 Å². The molecule has 0 bridgehead atoms. The molecule has 2 aromatic heterocycles. The number of urea groups is 1. The summed E-state index contributed by atoms with van der Waals surface area (Å²) in [5.74, 6) is 2.71. The Bertz CT molecular complexity index is 1000. The lowest BCUT2D eigenvalue weighted by Gasteiger charge is -2.27. The number of hydrogen-bond donors (Lipinski definition) is 3. The van der Waals surface area contributed by atoms with E-state index in [4.69, 9.17) is 16.6 Å². The molecule has 0 spiro atoms. The number of rotatable bonds is 5. The number of pyridine rings is 2. The number of amides is 2. The molecular formula is C22H23ClN6O. The average molecular weight is 423 g/mol. The zero-order valence-corrected chi connectivity index (χ0v) is 17.2. The van der Waals surface area contributed by atoms with Gasteiger partial charge in [-0.2, -0.15) is 0 Å². The fraction of sp³-hybridized carbons (Fsp3) is 0.227. The normalized spacial score (nSPS) is 13.6. The summed E-state index contributed by atoms with van der Waals surface area (Å²) in [7, 11) is 0. The summed E-state index contributed by atoms with van der Waals surface area (Å²) < 4.78 is 0. The first kappa shape index (κ1) is 20.0. The number of nitrogens with one attached hydrogen (secondary N) is 3. The minimum Gasteiger partial charge on any atom is -0.357 e. The maximum absolute atomic E-state index is 12.2. The predicted octanol–water partition coefficient (Wildman–Crippen LogP) is 5.51. The third-order valence-electron chi connectivity index (χ3n) is 4.76. The van der Waals surface area contributed by atoms with Gasteiger partial charge in [0.15, 0.2) is 0 Å². The molecular weight excluding hydrogens is 400 g/mol. The van der Waals surface area contributed by atoms with Crippen molar-refractivity contribution in [3.63, 3.8) is 0 Å². The average Bonchev–Trinajstić information content (AvgIpc) is 2.76. The van der Waals surface area contributed by atoms with Gasteiger partial charge in [-0.1, -0.05) is 23.7 Å². The Labute approximate surface area is 180 Å². The fourth-order valence-corrected chi connectivity index (χ4v) is 3.44. The van der Waals surface area contributed by atoms with Gasteiger partial charge in [-0.05, 0) is 67.8 Å². The first-order valence-electron chi connectivity index (χ1n) is 9.95. The molecule has 0 saturated carbocycles. The van der Waals surface area contributed by atoms with Crippen LogP contribution in [-0.4, -0.2) is 29.1 Å². The van der Waals surface area contributed by atoms with E-state index in [0.29, 0.717) is 28.2 Å². The Morgan fingerprint density at radius 3 is 2.23 bits per heavy atom. The van der Waals surface area contributed by atoms with Gasteiger partial charge in [0.1, 0.15) is 23.3 Å². The number of anilines is 5. The molecule has 30 heavy (non-hydrogen) atoms. The number of carbonyl (C=O) groups excluding carboxylic acids is 1. The highest BCUT2D eigenvalue weighted by Crippen LogP contribution is 2.21. The molecule has 1 aromatic carbocycles. The largest absolute Gasteiger partial charge is 0.357 e. The number of nitrogens with zero attached hydrogens (tertiary/aromatic N) is 3. The summed E-state index contributed by atoms with van der Waals surface area (Å²) in [5.41, 5.74) is 0.643. The summed E-state index contributed by atoms with van der Waals surface area (Å²) in [5, 5.41) is 9.30. The molecule has 2 amide bonds. The van der Waals surface area contributed by atoms with Crippen molar-refractivity contribution in [3.8, 4) is 0 Å². The van der Waals surface area contributed by atoms with E-state index in [1.165, 1.54) is 19.3 Å². The molecule has 3 aromatic rings. The van der Waals surface area contributed by atoms with Crippen LogP contribution in [0, 0.1) is 0 Å². The van der Waals surface area contributed by atoms with Crippen LogP contribution < -0.4 is 20.9 Å². The molecule has 154 valence electrons. The van der Waals surface area contributed by atoms with Gasteiger partial charge in [-0.3, -0.25) is 5.32 Å². The molecule has 0 radical (unpaired) electrons. The van der Waals surface area contributed by atoms with Crippen LogP contribution in [0.1, 0.15) is 19.3 Å². The van der Waals surface area contributed by atoms with Crippen molar-refractivity contribution in [2.45, 2.75) is 19.3 Å². The lowest BCUT2D eigenvalue weighted by atomic mass is 10.1. The summed E-state index contributed by atoms with van der Waals surface area (Å²) in [6, 6.07) is 17.8. The van der Waals surface area contributed by atoms with Crippen molar-refractivity contribution in [1.82, 2.24) is 9.97 Å². The number of carbonyl (C=O) groups is 1. The second kappa shape index (κ2) is 9.45. The summed E-state index contributed by atoms with van der Waals surface area (Å²) in [6.07, 6.45) is 3.68. The maximum Gasteiger partial charge on any atom is 0.324 e.